The molecule has 134 valence electrons. The molecule has 0 aliphatic heterocycles. The maximum absolute atomic E-state index is 13.0. The molecule has 1 atom stereocenters. The first-order chi connectivity index (χ1) is 11.7. The Hall–Kier alpha value is -1.43. The van der Waals surface area contributed by atoms with Crippen molar-refractivity contribution in [1.82, 2.24) is 10.2 Å². The highest BCUT2D eigenvalue weighted by Gasteiger charge is 2.28. The fourth-order valence-electron chi connectivity index (χ4n) is 3.35. The van der Waals surface area contributed by atoms with Crippen LogP contribution >= 0.6 is 0 Å². The standard InChI is InChI=1S/C19H30N2O3/c1-21(14-17(23-2)24-3)18(15-10-6-4-7-11-15)19(22)20-16-12-8-5-9-13-16/h4,6-7,10-11,16-18H,5,8-9,12-14H2,1-3H3,(H,20,22)/t18-/m1/s1. The van der Waals surface area contributed by atoms with Gasteiger partial charge in [-0.15, -0.1) is 0 Å². The molecule has 1 amide bonds. The van der Waals surface area contributed by atoms with Gasteiger partial charge in [0.1, 0.15) is 6.04 Å². The van der Waals surface area contributed by atoms with E-state index >= 15 is 0 Å². The van der Waals surface area contributed by atoms with Gasteiger partial charge in [-0.3, -0.25) is 9.69 Å². The largest absolute Gasteiger partial charge is 0.355 e. The Bertz CT molecular complexity index is 485. The van der Waals surface area contributed by atoms with E-state index in [1.54, 1.807) is 14.2 Å². The summed E-state index contributed by atoms with van der Waals surface area (Å²) in [5.41, 5.74) is 0.985. The number of hydrogen-bond acceptors (Lipinski definition) is 4. The minimum absolute atomic E-state index is 0.0570. The van der Waals surface area contributed by atoms with Crippen molar-refractivity contribution in [3.8, 4) is 0 Å². The molecule has 0 aromatic heterocycles. The Labute approximate surface area is 145 Å². The number of nitrogens with zero attached hydrogens (tertiary/aromatic N) is 1. The van der Waals surface area contributed by atoms with Crippen LogP contribution in [-0.4, -0.2) is 51.0 Å². The molecule has 1 aromatic carbocycles. The lowest BCUT2D eigenvalue weighted by atomic mass is 9.94. The van der Waals surface area contributed by atoms with Crippen LogP contribution in [0, 0.1) is 0 Å². The van der Waals surface area contributed by atoms with Gasteiger partial charge in [0, 0.05) is 20.3 Å². The highest BCUT2D eigenvalue weighted by Crippen LogP contribution is 2.23. The second-order valence-electron chi connectivity index (χ2n) is 6.50. The molecule has 0 spiro atoms. The van der Waals surface area contributed by atoms with E-state index in [0.29, 0.717) is 12.6 Å². The van der Waals surface area contributed by atoms with E-state index < -0.39 is 0 Å². The summed E-state index contributed by atoms with van der Waals surface area (Å²) in [4.78, 5) is 15.0. The van der Waals surface area contributed by atoms with Gasteiger partial charge in [-0.1, -0.05) is 49.6 Å². The van der Waals surface area contributed by atoms with Crippen LogP contribution in [0.1, 0.15) is 43.7 Å². The zero-order chi connectivity index (χ0) is 17.4. The number of methoxy groups -OCH3 is 2. The summed E-state index contributed by atoms with van der Waals surface area (Å²) in [5.74, 6) is 0.0570. The molecule has 0 bridgehead atoms. The van der Waals surface area contributed by atoms with Crippen molar-refractivity contribution >= 4 is 5.91 Å². The molecule has 24 heavy (non-hydrogen) atoms. The van der Waals surface area contributed by atoms with Crippen molar-refractivity contribution in [3.63, 3.8) is 0 Å². The van der Waals surface area contributed by atoms with Gasteiger partial charge in [-0.05, 0) is 25.5 Å². The average molecular weight is 334 g/mol. The van der Waals surface area contributed by atoms with Crippen LogP contribution in [0.15, 0.2) is 30.3 Å². The van der Waals surface area contributed by atoms with Crippen LogP contribution in [-0.2, 0) is 14.3 Å². The van der Waals surface area contributed by atoms with Crippen molar-refractivity contribution in [3.05, 3.63) is 35.9 Å². The summed E-state index contributed by atoms with van der Waals surface area (Å²) in [5, 5.41) is 3.25. The predicted octanol–water partition coefficient (Wildman–Crippen LogP) is 2.73. The number of ether oxygens (including phenoxy) is 2. The lowest BCUT2D eigenvalue weighted by Crippen LogP contribution is -2.46. The second-order valence-corrected chi connectivity index (χ2v) is 6.50. The molecule has 0 heterocycles. The fourth-order valence-corrected chi connectivity index (χ4v) is 3.35. The average Bonchev–Trinajstić information content (AvgIpc) is 2.61. The molecule has 1 saturated carbocycles. The molecular formula is C19H30N2O3. The predicted molar refractivity (Wildman–Crippen MR) is 94.6 cm³/mol. The quantitative estimate of drug-likeness (QED) is 0.743. The molecule has 2 rings (SSSR count). The first-order valence-corrected chi connectivity index (χ1v) is 8.77. The smallest absolute Gasteiger partial charge is 0.242 e. The summed E-state index contributed by atoms with van der Waals surface area (Å²) in [6.07, 6.45) is 5.48. The lowest BCUT2D eigenvalue weighted by molar-refractivity contribution is -0.135. The number of likely N-dealkylation sites (N-methyl/N-ethyl adjacent to an activating group) is 1. The minimum Gasteiger partial charge on any atom is -0.355 e. The molecule has 0 saturated heterocycles. The van der Waals surface area contributed by atoms with E-state index in [4.69, 9.17) is 9.47 Å². The van der Waals surface area contributed by atoms with Gasteiger partial charge in [0.25, 0.3) is 0 Å². The summed E-state index contributed by atoms with van der Waals surface area (Å²) >= 11 is 0. The topological polar surface area (TPSA) is 50.8 Å². The molecule has 0 radical (unpaired) electrons. The van der Waals surface area contributed by atoms with Gasteiger partial charge in [0.2, 0.25) is 5.91 Å². The Morgan fingerprint density at radius 1 is 1.17 bits per heavy atom. The van der Waals surface area contributed by atoms with E-state index in [-0.39, 0.29) is 18.2 Å². The number of benzene rings is 1. The normalized spacial score (nSPS) is 17.2. The number of carbonyl (C=O) groups is 1. The van der Waals surface area contributed by atoms with Gasteiger partial charge in [-0.25, -0.2) is 0 Å². The molecule has 5 nitrogen and oxygen atoms in total. The molecule has 5 heteroatoms. The molecule has 1 fully saturated rings. The van der Waals surface area contributed by atoms with Gasteiger partial charge in [-0.2, -0.15) is 0 Å². The summed E-state index contributed by atoms with van der Waals surface area (Å²) in [6.45, 7) is 0.518. The van der Waals surface area contributed by atoms with Crippen molar-refractivity contribution < 1.29 is 14.3 Å². The third kappa shape index (κ3) is 5.30. The molecule has 0 unspecified atom stereocenters. The highest BCUT2D eigenvalue weighted by molar-refractivity contribution is 5.83. The first kappa shape index (κ1) is 18.9. The monoisotopic (exact) mass is 334 g/mol. The number of carbonyl (C=O) groups excluding carboxylic acids is 1. The first-order valence-electron chi connectivity index (χ1n) is 8.77. The maximum Gasteiger partial charge on any atom is 0.242 e. The van der Waals surface area contributed by atoms with Crippen molar-refractivity contribution in [1.29, 1.82) is 0 Å². The summed E-state index contributed by atoms with van der Waals surface area (Å²) < 4.78 is 10.6. The molecule has 1 N–H and O–H groups in total. The summed E-state index contributed by atoms with van der Waals surface area (Å²) in [7, 11) is 5.16. The highest BCUT2D eigenvalue weighted by atomic mass is 16.7. The maximum atomic E-state index is 13.0. The van der Waals surface area contributed by atoms with E-state index in [0.717, 1.165) is 18.4 Å². The summed E-state index contributed by atoms with van der Waals surface area (Å²) in [6, 6.07) is 9.84. The zero-order valence-electron chi connectivity index (χ0n) is 15.0. The van der Waals surface area contributed by atoms with Gasteiger partial charge in [0.15, 0.2) is 6.29 Å². The minimum atomic E-state index is -0.358. The van der Waals surface area contributed by atoms with Gasteiger partial charge >= 0.3 is 0 Å². The van der Waals surface area contributed by atoms with Crippen LogP contribution in [0.4, 0.5) is 0 Å². The number of nitrogens with one attached hydrogen (secondary N) is 1. The van der Waals surface area contributed by atoms with Crippen LogP contribution in [0.2, 0.25) is 0 Å². The van der Waals surface area contributed by atoms with E-state index in [1.807, 2.05) is 42.3 Å². The third-order valence-corrected chi connectivity index (χ3v) is 4.72. The Morgan fingerprint density at radius 2 is 1.79 bits per heavy atom. The Balaban J connectivity index is 2.11. The van der Waals surface area contributed by atoms with Crippen LogP contribution < -0.4 is 5.32 Å². The second kappa shape index (κ2) is 9.77. The van der Waals surface area contributed by atoms with Gasteiger partial charge < -0.3 is 14.8 Å². The van der Waals surface area contributed by atoms with Crippen LogP contribution in [0.5, 0.6) is 0 Å². The number of hydrogen-bond donors (Lipinski definition) is 1. The lowest BCUT2D eigenvalue weighted by Gasteiger charge is -2.32. The van der Waals surface area contributed by atoms with Gasteiger partial charge in [0.05, 0.1) is 6.54 Å². The van der Waals surface area contributed by atoms with Crippen LogP contribution in [0.3, 0.4) is 0 Å². The van der Waals surface area contributed by atoms with Crippen molar-refractivity contribution in [2.24, 2.45) is 0 Å². The molecule has 1 aromatic rings. The Kier molecular flexibility index (Phi) is 7.69. The number of rotatable bonds is 8. The van der Waals surface area contributed by atoms with Crippen molar-refractivity contribution in [2.45, 2.75) is 50.5 Å². The number of amides is 1. The fraction of sp³-hybridized carbons (Fsp3) is 0.632. The molecule has 1 aliphatic carbocycles. The third-order valence-electron chi connectivity index (χ3n) is 4.72. The Morgan fingerprint density at radius 3 is 2.38 bits per heavy atom. The van der Waals surface area contributed by atoms with E-state index in [9.17, 15) is 4.79 Å². The SMILES string of the molecule is COC(CN(C)[C@@H](C(=O)NC1CCCCC1)c1ccccc1)OC. The molecule has 1 aliphatic rings. The zero-order valence-corrected chi connectivity index (χ0v) is 15.0. The molecular weight excluding hydrogens is 304 g/mol. The van der Waals surface area contributed by atoms with Crippen molar-refractivity contribution in [2.75, 3.05) is 27.8 Å². The van der Waals surface area contributed by atoms with E-state index in [1.165, 1.54) is 19.3 Å². The van der Waals surface area contributed by atoms with E-state index in [2.05, 4.69) is 5.32 Å². The van der Waals surface area contributed by atoms with Crippen LogP contribution in [0.25, 0.3) is 0 Å².